The van der Waals surface area contributed by atoms with E-state index in [0.717, 1.165) is 33.1 Å². The quantitative estimate of drug-likeness (QED) is 0.384. The second-order valence-corrected chi connectivity index (χ2v) is 9.10. The van der Waals surface area contributed by atoms with Gasteiger partial charge >= 0.3 is 0 Å². The van der Waals surface area contributed by atoms with Gasteiger partial charge in [0, 0.05) is 22.2 Å². The van der Waals surface area contributed by atoms with E-state index in [1.54, 1.807) is 6.07 Å². The van der Waals surface area contributed by atoms with E-state index >= 15 is 0 Å². The zero-order valence-corrected chi connectivity index (χ0v) is 19.8. The van der Waals surface area contributed by atoms with Gasteiger partial charge in [0.2, 0.25) is 5.91 Å². The molecule has 1 aliphatic heterocycles. The van der Waals surface area contributed by atoms with Crippen molar-refractivity contribution in [3.05, 3.63) is 82.7 Å². The van der Waals surface area contributed by atoms with Crippen LogP contribution in [0.2, 0.25) is 5.02 Å². The van der Waals surface area contributed by atoms with Gasteiger partial charge in [-0.25, -0.2) is 4.98 Å². The summed E-state index contributed by atoms with van der Waals surface area (Å²) in [4.78, 5) is 31.6. The minimum atomic E-state index is -0.282. The number of para-hydroxylation sites is 1. The Bertz CT molecular complexity index is 1400. The Morgan fingerprint density at radius 1 is 1.15 bits per heavy atom. The van der Waals surface area contributed by atoms with E-state index < -0.39 is 0 Å². The lowest BCUT2D eigenvalue weighted by molar-refractivity contribution is -0.123. The molecule has 34 heavy (non-hydrogen) atoms. The monoisotopic (exact) mass is 489 g/mol. The summed E-state index contributed by atoms with van der Waals surface area (Å²) in [5.41, 5.74) is 4.65. The van der Waals surface area contributed by atoms with Crippen molar-refractivity contribution in [2.75, 3.05) is 23.4 Å². The summed E-state index contributed by atoms with van der Waals surface area (Å²) in [7, 11) is 0. The number of halogens is 1. The van der Waals surface area contributed by atoms with Gasteiger partial charge in [-0.05, 0) is 42.8 Å². The topological polar surface area (TPSA) is 71.5 Å². The Kier molecular flexibility index (Phi) is 6.04. The normalized spacial score (nSPS) is 12.8. The molecule has 3 aromatic carbocycles. The molecule has 0 fully saturated rings. The molecule has 0 unspecified atom stereocenters. The Balaban J connectivity index is 1.42. The second kappa shape index (κ2) is 9.29. The zero-order valence-electron chi connectivity index (χ0n) is 18.2. The smallest absolute Gasteiger partial charge is 0.265 e. The van der Waals surface area contributed by atoms with Gasteiger partial charge in [-0.15, -0.1) is 11.3 Å². The number of thiazole rings is 1. The minimum Gasteiger partial charge on any atom is -0.482 e. The Morgan fingerprint density at radius 2 is 1.94 bits per heavy atom. The first kappa shape index (κ1) is 22.1. The summed E-state index contributed by atoms with van der Waals surface area (Å²) >= 11 is 7.82. The first-order chi connectivity index (χ1) is 16.5. The molecule has 1 aromatic heterocycles. The molecule has 170 valence electrons. The molecule has 2 amide bonds. The van der Waals surface area contributed by atoms with Crippen molar-refractivity contribution >= 4 is 46.1 Å². The van der Waals surface area contributed by atoms with Crippen LogP contribution in [0, 0.1) is 6.92 Å². The average Bonchev–Trinajstić information content (AvgIpc) is 3.32. The van der Waals surface area contributed by atoms with Crippen LogP contribution in [0.15, 0.2) is 72.1 Å². The maximum atomic E-state index is 12.8. The second-order valence-electron chi connectivity index (χ2n) is 7.83. The van der Waals surface area contributed by atoms with E-state index in [1.807, 2.05) is 73.0 Å². The first-order valence-electron chi connectivity index (χ1n) is 10.6. The Labute approximate surface area is 205 Å². The standard InChI is InChI=1S/C26H20ClN3O3S/c1-16-6-2-5-9-20(16)28-24(31)13-30-22-12-17(10-11-23(22)33-14-25(30)32)21-15-34-26(29-21)18-7-3-4-8-19(18)27/h2-12,15H,13-14H2,1H3,(H,28,31). The fourth-order valence-corrected chi connectivity index (χ4v) is 4.90. The number of amides is 2. The summed E-state index contributed by atoms with van der Waals surface area (Å²) in [5.74, 6) is -0.0104. The maximum absolute atomic E-state index is 12.8. The Hall–Kier alpha value is -3.68. The van der Waals surface area contributed by atoms with Gasteiger partial charge in [0.25, 0.3) is 5.91 Å². The number of ether oxygens (including phenoxy) is 1. The molecule has 2 heterocycles. The number of fused-ring (bicyclic) bond motifs is 1. The number of benzene rings is 3. The minimum absolute atomic E-state index is 0.114. The number of hydrogen-bond donors (Lipinski definition) is 1. The summed E-state index contributed by atoms with van der Waals surface area (Å²) in [5, 5.41) is 6.27. The molecule has 1 aliphatic rings. The third kappa shape index (κ3) is 4.40. The van der Waals surface area contributed by atoms with Gasteiger partial charge in [-0.1, -0.05) is 48.0 Å². The van der Waals surface area contributed by atoms with E-state index in [4.69, 9.17) is 21.3 Å². The predicted octanol–water partition coefficient (Wildman–Crippen LogP) is 5.80. The number of aromatic nitrogens is 1. The lowest BCUT2D eigenvalue weighted by Gasteiger charge is -2.29. The van der Waals surface area contributed by atoms with Crippen molar-refractivity contribution in [1.29, 1.82) is 0 Å². The lowest BCUT2D eigenvalue weighted by atomic mass is 10.1. The van der Waals surface area contributed by atoms with E-state index in [0.29, 0.717) is 16.5 Å². The number of carbonyl (C=O) groups excluding carboxylic acids is 2. The number of anilines is 2. The highest BCUT2D eigenvalue weighted by Crippen LogP contribution is 2.38. The van der Waals surface area contributed by atoms with Gasteiger partial charge in [0.1, 0.15) is 17.3 Å². The van der Waals surface area contributed by atoms with Crippen LogP contribution in [0.3, 0.4) is 0 Å². The molecule has 4 aromatic rings. The molecule has 1 N–H and O–H groups in total. The number of nitrogens with one attached hydrogen (secondary N) is 1. The summed E-state index contributed by atoms with van der Waals surface area (Å²) in [6.45, 7) is 1.69. The largest absolute Gasteiger partial charge is 0.482 e. The van der Waals surface area contributed by atoms with E-state index in [1.165, 1.54) is 16.2 Å². The number of aryl methyl sites for hydroxylation is 1. The van der Waals surface area contributed by atoms with Crippen molar-refractivity contribution in [3.8, 4) is 27.6 Å². The molecule has 0 saturated heterocycles. The molecule has 0 radical (unpaired) electrons. The molecule has 6 nitrogen and oxygen atoms in total. The molecule has 0 spiro atoms. The summed E-state index contributed by atoms with van der Waals surface area (Å²) in [6.07, 6.45) is 0. The van der Waals surface area contributed by atoms with Crippen LogP contribution in [0.1, 0.15) is 5.56 Å². The fourth-order valence-electron chi connectivity index (χ4n) is 3.75. The van der Waals surface area contributed by atoms with E-state index in [2.05, 4.69) is 5.32 Å². The molecule has 0 aliphatic carbocycles. The van der Waals surface area contributed by atoms with Crippen molar-refractivity contribution in [2.24, 2.45) is 0 Å². The van der Waals surface area contributed by atoms with Crippen LogP contribution in [-0.2, 0) is 9.59 Å². The zero-order chi connectivity index (χ0) is 23.7. The van der Waals surface area contributed by atoms with E-state index in [9.17, 15) is 9.59 Å². The van der Waals surface area contributed by atoms with Gasteiger partial charge in [-0.3, -0.25) is 14.5 Å². The van der Waals surface area contributed by atoms with E-state index in [-0.39, 0.29) is 25.0 Å². The molecule has 0 saturated carbocycles. The van der Waals surface area contributed by atoms with Crippen LogP contribution in [-0.4, -0.2) is 29.9 Å². The van der Waals surface area contributed by atoms with Gasteiger partial charge in [0.15, 0.2) is 6.61 Å². The van der Waals surface area contributed by atoms with Gasteiger partial charge < -0.3 is 10.1 Å². The third-order valence-corrected chi connectivity index (χ3v) is 6.73. The number of rotatable bonds is 5. The average molecular weight is 490 g/mol. The predicted molar refractivity (Wildman–Crippen MR) is 136 cm³/mol. The SMILES string of the molecule is Cc1ccccc1NC(=O)CN1C(=O)COc2ccc(-c3csc(-c4ccccc4Cl)n3)cc21. The van der Waals surface area contributed by atoms with Crippen LogP contribution in [0.25, 0.3) is 21.8 Å². The molecule has 0 bridgehead atoms. The third-order valence-electron chi connectivity index (χ3n) is 5.53. The highest BCUT2D eigenvalue weighted by atomic mass is 35.5. The van der Waals surface area contributed by atoms with Gasteiger partial charge in [-0.2, -0.15) is 0 Å². The molecule has 0 atom stereocenters. The van der Waals surface area contributed by atoms with Crippen LogP contribution >= 0.6 is 22.9 Å². The molecule has 8 heteroatoms. The molecular formula is C26H20ClN3O3S. The van der Waals surface area contributed by atoms with Crippen molar-refractivity contribution < 1.29 is 14.3 Å². The fraction of sp³-hybridized carbons (Fsp3) is 0.115. The number of carbonyl (C=O) groups is 2. The lowest BCUT2D eigenvalue weighted by Crippen LogP contribution is -2.43. The van der Waals surface area contributed by atoms with Crippen molar-refractivity contribution in [2.45, 2.75) is 6.92 Å². The van der Waals surface area contributed by atoms with Crippen LogP contribution < -0.4 is 15.0 Å². The van der Waals surface area contributed by atoms with Crippen molar-refractivity contribution in [1.82, 2.24) is 4.98 Å². The summed E-state index contributed by atoms with van der Waals surface area (Å²) < 4.78 is 5.61. The highest BCUT2D eigenvalue weighted by molar-refractivity contribution is 7.13. The first-order valence-corrected chi connectivity index (χ1v) is 11.9. The van der Waals surface area contributed by atoms with Gasteiger partial charge in [0.05, 0.1) is 16.4 Å². The van der Waals surface area contributed by atoms with Crippen LogP contribution in [0.5, 0.6) is 5.75 Å². The molecule has 5 rings (SSSR count). The molecular weight excluding hydrogens is 470 g/mol. The van der Waals surface area contributed by atoms with Crippen LogP contribution in [0.4, 0.5) is 11.4 Å². The maximum Gasteiger partial charge on any atom is 0.265 e. The number of nitrogens with zero attached hydrogens (tertiary/aromatic N) is 2. The Morgan fingerprint density at radius 3 is 2.76 bits per heavy atom. The highest BCUT2D eigenvalue weighted by Gasteiger charge is 2.28. The summed E-state index contributed by atoms with van der Waals surface area (Å²) in [6, 6.07) is 20.6. The van der Waals surface area contributed by atoms with Crippen molar-refractivity contribution in [3.63, 3.8) is 0 Å². The number of hydrogen-bond acceptors (Lipinski definition) is 5.